The molecule has 7 heteroatoms. The Bertz CT molecular complexity index is 835. The molecule has 0 aliphatic carbocycles. The van der Waals surface area contributed by atoms with Crippen LogP contribution in [0.5, 0.6) is 5.75 Å². The second-order valence-electron chi connectivity index (χ2n) is 7.16. The van der Waals surface area contributed by atoms with Crippen LogP contribution in [0, 0.1) is 5.92 Å². The average Bonchev–Trinajstić information content (AvgIpc) is 3.25. The molecule has 0 saturated carbocycles. The van der Waals surface area contributed by atoms with Crippen molar-refractivity contribution in [3.05, 3.63) is 59.7 Å². The topological polar surface area (TPSA) is 81.0 Å². The van der Waals surface area contributed by atoms with Crippen LogP contribution in [-0.2, 0) is 9.53 Å². The first-order valence-electron chi connectivity index (χ1n) is 9.69. The van der Waals surface area contributed by atoms with Crippen LogP contribution in [0.15, 0.2) is 52.8 Å². The zero-order valence-electron chi connectivity index (χ0n) is 16.7. The number of furan rings is 1. The van der Waals surface area contributed by atoms with Gasteiger partial charge in [0, 0.05) is 24.7 Å². The molecule has 0 radical (unpaired) electrons. The van der Waals surface area contributed by atoms with Crippen molar-refractivity contribution in [3.63, 3.8) is 0 Å². The number of carbonyl (C=O) groups excluding carboxylic acids is 2. The van der Waals surface area contributed by atoms with Crippen molar-refractivity contribution in [1.82, 2.24) is 10.2 Å². The van der Waals surface area contributed by atoms with Gasteiger partial charge in [0.15, 0.2) is 0 Å². The Morgan fingerprint density at radius 3 is 2.52 bits per heavy atom. The lowest BCUT2D eigenvalue weighted by Crippen LogP contribution is -2.44. The fraction of sp³-hybridized carbons (Fsp3) is 0.364. The van der Waals surface area contributed by atoms with Gasteiger partial charge >= 0.3 is 0 Å². The fourth-order valence-corrected chi connectivity index (χ4v) is 2.76. The highest BCUT2D eigenvalue weighted by molar-refractivity contribution is 6.05. The summed E-state index contributed by atoms with van der Waals surface area (Å²) in [5.74, 6) is 0.957. The van der Waals surface area contributed by atoms with Crippen molar-refractivity contribution < 1.29 is 23.5 Å². The minimum atomic E-state index is -0.375. The Morgan fingerprint density at radius 1 is 1.17 bits per heavy atom. The largest absolute Gasteiger partial charge is 0.493 e. The maximum atomic E-state index is 12.9. The molecule has 1 fully saturated rings. The number of rotatable bonds is 7. The van der Waals surface area contributed by atoms with Crippen LogP contribution in [0.25, 0.3) is 6.08 Å². The molecule has 29 heavy (non-hydrogen) atoms. The second kappa shape index (κ2) is 9.93. The zero-order chi connectivity index (χ0) is 20.6. The number of hydrogen-bond acceptors (Lipinski definition) is 5. The van der Waals surface area contributed by atoms with Crippen LogP contribution in [0.4, 0.5) is 0 Å². The van der Waals surface area contributed by atoms with E-state index in [2.05, 4.69) is 19.2 Å². The minimum Gasteiger partial charge on any atom is -0.493 e. The molecule has 0 unspecified atom stereocenters. The molecule has 1 saturated heterocycles. The number of hydrogen-bond donors (Lipinski definition) is 1. The number of nitrogens with one attached hydrogen (secondary N) is 1. The van der Waals surface area contributed by atoms with E-state index in [1.54, 1.807) is 41.3 Å². The Hall–Kier alpha value is -3.06. The van der Waals surface area contributed by atoms with Gasteiger partial charge in [0.25, 0.3) is 11.8 Å². The second-order valence-corrected chi connectivity index (χ2v) is 7.16. The molecule has 0 atom stereocenters. The van der Waals surface area contributed by atoms with Gasteiger partial charge in [-0.1, -0.05) is 13.8 Å². The zero-order valence-corrected chi connectivity index (χ0v) is 16.7. The third-order valence-electron chi connectivity index (χ3n) is 4.31. The summed E-state index contributed by atoms with van der Waals surface area (Å²) < 4.78 is 16.3. The molecular formula is C22H26N2O5. The Kier molecular flexibility index (Phi) is 7.08. The van der Waals surface area contributed by atoms with Gasteiger partial charge in [-0.05, 0) is 42.3 Å². The molecule has 2 heterocycles. The van der Waals surface area contributed by atoms with Gasteiger partial charge in [-0.25, -0.2) is 0 Å². The van der Waals surface area contributed by atoms with Gasteiger partial charge in [0.2, 0.25) is 0 Å². The smallest absolute Gasteiger partial charge is 0.270 e. The SMILES string of the molecule is CC(C)COc1ccc(C(=O)NC(=Cc2ccco2)C(=O)N2CCOCC2)cc1. The normalized spacial score (nSPS) is 14.7. The lowest BCUT2D eigenvalue weighted by atomic mass is 10.2. The van der Waals surface area contributed by atoms with E-state index in [-0.39, 0.29) is 17.5 Å². The van der Waals surface area contributed by atoms with Crippen molar-refractivity contribution in [2.75, 3.05) is 32.9 Å². The van der Waals surface area contributed by atoms with Crippen LogP contribution in [0.3, 0.4) is 0 Å². The number of benzene rings is 1. The van der Waals surface area contributed by atoms with Crippen LogP contribution in [-0.4, -0.2) is 49.6 Å². The number of nitrogens with zero attached hydrogens (tertiary/aromatic N) is 1. The quantitative estimate of drug-likeness (QED) is 0.726. The van der Waals surface area contributed by atoms with Gasteiger partial charge in [-0.2, -0.15) is 0 Å². The first kappa shape index (κ1) is 20.7. The van der Waals surface area contributed by atoms with Crippen molar-refractivity contribution in [2.24, 2.45) is 5.92 Å². The number of ether oxygens (including phenoxy) is 2. The van der Waals surface area contributed by atoms with E-state index in [9.17, 15) is 9.59 Å². The molecule has 0 spiro atoms. The summed E-state index contributed by atoms with van der Waals surface area (Å²) in [7, 11) is 0. The van der Waals surface area contributed by atoms with Gasteiger partial charge in [-0.15, -0.1) is 0 Å². The van der Waals surface area contributed by atoms with E-state index in [0.29, 0.717) is 55.9 Å². The predicted molar refractivity (Wildman–Crippen MR) is 108 cm³/mol. The standard InChI is InChI=1S/C22H26N2O5/c1-16(2)15-29-18-7-5-17(6-8-18)21(25)23-20(14-19-4-3-11-28-19)22(26)24-9-12-27-13-10-24/h3-8,11,14,16H,9-10,12-13,15H2,1-2H3,(H,23,25). The van der Waals surface area contributed by atoms with E-state index in [1.165, 1.54) is 12.3 Å². The lowest BCUT2D eigenvalue weighted by molar-refractivity contribution is -0.131. The highest BCUT2D eigenvalue weighted by Crippen LogP contribution is 2.15. The Balaban J connectivity index is 1.73. The molecule has 1 aliphatic rings. The minimum absolute atomic E-state index is 0.159. The molecule has 7 nitrogen and oxygen atoms in total. The fourth-order valence-electron chi connectivity index (χ4n) is 2.76. The summed E-state index contributed by atoms with van der Waals surface area (Å²) >= 11 is 0. The molecule has 2 amide bonds. The van der Waals surface area contributed by atoms with E-state index in [4.69, 9.17) is 13.9 Å². The monoisotopic (exact) mass is 398 g/mol. The van der Waals surface area contributed by atoms with Crippen LogP contribution >= 0.6 is 0 Å². The summed E-state index contributed by atoms with van der Waals surface area (Å²) in [4.78, 5) is 27.3. The molecule has 154 valence electrons. The maximum Gasteiger partial charge on any atom is 0.270 e. The molecular weight excluding hydrogens is 372 g/mol. The first-order valence-corrected chi connectivity index (χ1v) is 9.69. The summed E-state index contributed by atoms with van der Waals surface area (Å²) in [6, 6.07) is 10.3. The third kappa shape index (κ3) is 5.96. The van der Waals surface area contributed by atoms with Crippen LogP contribution < -0.4 is 10.1 Å². The Morgan fingerprint density at radius 2 is 1.90 bits per heavy atom. The average molecular weight is 398 g/mol. The molecule has 1 aromatic carbocycles. The summed E-state index contributed by atoms with van der Waals surface area (Å²) in [6.07, 6.45) is 3.05. The van der Waals surface area contributed by atoms with Crippen molar-refractivity contribution in [2.45, 2.75) is 13.8 Å². The van der Waals surface area contributed by atoms with Gasteiger partial charge < -0.3 is 24.1 Å². The van der Waals surface area contributed by atoms with Crippen molar-refractivity contribution in [3.8, 4) is 5.75 Å². The molecule has 2 aromatic rings. The molecule has 1 aromatic heterocycles. The highest BCUT2D eigenvalue weighted by atomic mass is 16.5. The number of morpholine rings is 1. The van der Waals surface area contributed by atoms with Crippen molar-refractivity contribution in [1.29, 1.82) is 0 Å². The summed E-state index contributed by atoms with van der Waals surface area (Å²) in [5, 5.41) is 2.73. The lowest BCUT2D eigenvalue weighted by Gasteiger charge is -2.27. The van der Waals surface area contributed by atoms with Crippen LogP contribution in [0.2, 0.25) is 0 Å². The highest BCUT2D eigenvalue weighted by Gasteiger charge is 2.23. The van der Waals surface area contributed by atoms with E-state index < -0.39 is 0 Å². The van der Waals surface area contributed by atoms with Crippen molar-refractivity contribution >= 4 is 17.9 Å². The van der Waals surface area contributed by atoms with E-state index >= 15 is 0 Å². The summed E-state index contributed by atoms with van der Waals surface area (Å²) in [6.45, 7) is 6.66. The summed E-state index contributed by atoms with van der Waals surface area (Å²) in [5.41, 5.74) is 0.592. The van der Waals surface area contributed by atoms with E-state index in [0.717, 1.165) is 0 Å². The number of carbonyl (C=O) groups is 2. The Labute approximate surface area is 170 Å². The number of amides is 2. The van der Waals surface area contributed by atoms with Gasteiger partial charge in [0.1, 0.15) is 17.2 Å². The first-order chi connectivity index (χ1) is 14.0. The molecule has 1 aliphatic heterocycles. The predicted octanol–water partition coefficient (Wildman–Crippen LogP) is 2.94. The maximum absolute atomic E-state index is 12.9. The van der Waals surface area contributed by atoms with Gasteiger partial charge in [-0.3, -0.25) is 9.59 Å². The van der Waals surface area contributed by atoms with E-state index in [1.807, 2.05) is 0 Å². The molecule has 0 bridgehead atoms. The molecule has 1 N–H and O–H groups in total. The van der Waals surface area contributed by atoms with Crippen LogP contribution in [0.1, 0.15) is 30.0 Å². The van der Waals surface area contributed by atoms with Gasteiger partial charge in [0.05, 0.1) is 26.1 Å². The molecule has 3 rings (SSSR count). The third-order valence-corrected chi connectivity index (χ3v) is 4.31.